The van der Waals surface area contributed by atoms with Crippen LogP contribution in [0.1, 0.15) is 30.4 Å². The first-order chi connectivity index (χ1) is 8.45. The molecule has 5 heteroatoms. The SMILES string of the molecule is FC(F)(F)c1cc(Br)cc2c1NC(C1CC1)CC2. The number of rotatable bonds is 1. The lowest BCUT2D eigenvalue weighted by Crippen LogP contribution is -2.29. The van der Waals surface area contributed by atoms with Gasteiger partial charge in [0.1, 0.15) is 0 Å². The van der Waals surface area contributed by atoms with Crippen molar-refractivity contribution in [2.45, 2.75) is 37.9 Å². The summed E-state index contributed by atoms with van der Waals surface area (Å²) in [6, 6.07) is 3.18. The fraction of sp³-hybridized carbons (Fsp3) is 0.538. The Hall–Kier alpha value is -0.710. The summed E-state index contributed by atoms with van der Waals surface area (Å²) in [6.45, 7) is 0. The first-order valence-electron chi connectivity index (χ1n) is 6.11. The number of hydrogen-bond donors (Lipinski definition) is 1. The van der Waals surface area contributed by atoms with Crippen molar-refractivity contribution in [1.82, 2.24) is 0 Å². The Morgan fingerprint density at radius 2 is 1.89 bits per heavy atom. The predicted molar refractivity (Wildman–Crippen MR) is 67.6 cm³/mol. The maximum absolute atomic E-state index is 13.0. The van der Waals surface area contributed by atoms with E-state index in [0.717, 1.165) is 31.2 Å². The van der Waals surface area contributed by atoms with Crippen LogP contribution in [-0.4, -0.2) is 6.04 Å². The summed E-state index contributed by atoms with van der Waals surface area (Å²) < 4.78 is 39.6. The molecule has 1 nitrogen and oxygen atoms in total. The van der Waals surface area contributed by atoms with Gasteiger partial charge in [0, 0.05) is 16.2 Å². The number of hydrogen-bond acceptors (Lipinski definition) is 1. The van der Waals surface area contributed by atoms with E-state index in [2.05, 4.69) is 21.2 Å². The number of benzene rings is 1. The van der Waals surface area contributed by atoms with Crippen LogP contribution in [0, 0.1) is 5.92 Å². The smallest absolute Gasteiger partial charge is 0.381 e. The van der Waals surface area contributed by atoms with Crippen LogP contribution in [0.2, 0.25) is 0 Å². The van der Waals surface area contributed by atoms with E-state index < -0.39 is 11.7 Å². The minimum absolute atomic E-state index is 0.222. The van der Waals surface area contributed by atoms with Gasteiger partial charge in [-0.1, -0.05) is 15.9 Å². The molecule has 0 spiro atoms. The number of fused-ring (bicyclic) bond motifs is 1. The molecule has 1 N–H and O–H groups in total. The van der Waals surface area contributed by atoms with Crippen LogP contribution in [0.3, 0.4) is 0 Å². The Balaban J connectivity index is 2.02. The van der Waals surface area contributed by atoms with Crippen LogP contribution in [0.15, 0.2) is 16.6 Å². The number of anilines is 1. The molecule has 0 aromatic heterocycles. The van der Waals surface area contributed by atoms with Crippen LogP contribution >= 0.6 is 15.9 Å². The Morgan fingerprint density at radius 3 is 2.50 bits per heavy atom. The van der Waals surface area contributed by atoms with E-state index >= 15 is 0 Å². The molecule has 0 amide bonds. The molecule has 1 heterocycles. The highest BCUT2D eigenvalue weighted by atomic mass is 79.9. The molecule has 2 aliphatic rings. The molecule has 1 unspecified atom stereocenters. The van der Waals surface area contributed by atoms with Crippen LogP contribution in [0.5, 0.6) is 0 Å². The van der Waals surface area contributed by atoms with E-state index in [9.17, 15) is 13.2 Å². The van der Waals surface area contributed by atoms with Gasteiger partial charge in [-0.3, -0.25) is 0 Å². The third-order valence-electron chi connectivity index (χ3n) is 3.74. The van der Waals surface area contributed by atoms with Gasteiger partial charge in [-0.05, 0) is 49.3 Å². The molecule has 1 aromatic carbocycles. The third kappa shape index (κ3) is 2.25. The Labute approximate surface area is 112 Å². The van der Waals surface area contributed by atoms with Crippen LogP contribution in [-0.2, 0) is 12.6 Å². The maximum Gasteiger partial charge on any atom is 0.418 e. The molecule has 0 saturated heterocycles. The standard InChI is InChI=1S/C13H13BrF3N/c14-9-5-8-3-4-11(7-1-2-7)18-12(8)10(6-9)13(15,16)17/h5-7,11,18H,1-4H2. The molecule has 1 aliphatic carbocycles. The topological polar surface area (TPSA) is 12.0 Å². The highest BCUT2D eigenvalue weighted by molar-refractivity contribution is 9.10. The van der Waals surface area contributed by atoms with E-state index in [4.69, 9.17) is 0 Å². The summed E-state index contributed by atoms with van der Waals surface area (Å²) in [6.07, 6.45) is -0.348. The molecule has 1 saturated carbocycles. The summed E-state index contributed by atoms with van der Waals surface area (Å²) in [7, 11) is 0. The van der Waals surface area contributed by atoms with E-state index in [-0.39, 0.29) is 6.04 Å². The highest BCUT2D eigenvalue weighted by Gasteiger charge is 2.39. The van der Waals surface area contributed by atoms with Gasteiger partial charge >= 0.3 is 6.18 Å². The van der Waals surface area contributed by atoms with Crippen LogP contribution in [0.4, 0.5) is 18.9 Å². The second-order valence-electron chi connectivity index (χ2n) is 5.11. The summed E-state index contributed by atoms with van der Waals surface area (Å²) in [5.41, 5.74) is 0.527. The van der Waals surface area contributed by atoms with Gasteiger partial charge < -0.3 is 5.32 Å². The number of alkyl halides is 3. The Bertz CT molecular complexity index is 480. The number of aryl methyl sites for hydroxylation is 1. The molecule has 0 radical (unpaired) electrons. The molecule has 18 heavy (non-hydrogen) atoms. The molecule has 1 fully saturated rings. The lowest BCUT2D eigenvalue weighted by molar-refractivity contribution is -0.137. The molecule has 1 atom stereocenters. The van der Waals surface area contributed by atoms with Gasteiger partial charge in [0.15, 0.2) is 0 Å². The van der Waals surface area contributed by atoms with E-state index in [0.29, 0.717) is 16.1 Å². The fourth-order valence-electron chi connectivity index (χ4n) is 2.68. The van der Waals surface area contributed by atoms with Crippen molar-refractivity contribution >= 4 is 21.6 Å². The summed E-state index contributed by atoms with van der Waals surface area (Å²) in [4.78, 5) is 0. The highest BCUT2D eigenvalue weighted by Crippen LogP contribution is 2.44. The average molecular weight is 320 g/mol. The molecular weight excluding hydrogens is 307 g/mol. The minimum Gasteiger partial charge on any atom is -0.381 e. The molecule has 0 bridgehead atoms. The largest absolute Gasteiger partial charge is 0.418 e. The maximum atomic E-state index is 13.0. The molecule has 1 aliphatic heterocycles. The molecule has 3 rings (SSSR count). The Kier molecular flexibility index (Phi) is 2.84. The second kappa shape index (κ2) is 4.15. The lowest BCUT2D eigenvalue weighted by Gasteiger charge is -2.29. The van der Waals surface area contributed by atoms with Crippen molar-refractivity contribution in [3.05, 3.63) is 27.7 Å². The Morgan fingerprint density at radius 1 is 1.17 bits per heavy atom. The van der Waals surface area contributed by atoms with Gasteiger partial charge in [-0.15, -0.1) is 0 Å². The summed E-state index contributed by atoms with van der Waals surface area (Å²) in [5, 5.41) is 3.12. The summed E-state index contributed by atoms with van der Waals surface area (Å²) in [5.74, 6) is 0.572. The van der Waals surface area contributed by atoms with E-state index in [1.807, 2.05) is 0 Å². The lowest BCUT2D eigenvalue weighted by atomic mass is 9.93. The quantitative estimate of drug-likeness (QED) is 0.797. The molecule has 1 aromatic rings. The zero-order chi connectivity index (χ0) is 12.9. The van der Waals surface area contributed by atoms with Crippen molar-refractivity contribution < 1.29 is 13.2 Å². The molecular formula is C13H13BrF3N. The van der Waals surface area contributed by atoms with Gasteiger partial charge in [-0.25, -0.2) is 0 Å². The predicted octanol–water partition coefficient (Wildman–Crippen LogP) is 4.60. The first kappa shape index (κ1) is 12.3. The van der Waals surface area contributed by atoms with Crippen molar-refractivity contribution in [1.29, 1.82) is 0 Å². The first-order valence-corrected chi connectivity index (χ1v) is 6.90. The van der Waals surface area contributed by atoms with Gasteiger partial charge in [-0.2, -0.15) is 13.2 Å². The van der Waals surface area contributed by atoms with Crippen molar-refractivity contribution in [3.8, 4) is 0 Å². The number of halogens is 4. The minimum atomic E-state index is -4.30. The van der Waals surface area contributed by atoms with Crippen molar-refractivity contribution in [2.75, 3.05) is 5.32 Å². The zero-order valence-corrected chi connectivity index (χ0v) is 11.2. The van der Waals surface area contributed by atoms with Gasteiger partial charge in [0.05, 0.1) is 5.56 Å². The van der Waals surface area contributed by atoms with Gasteiger partial charge in [0.25, 0.3) is 0 Å². The van der Waals surface area contributed by atoms with Crippen molar-refractivity contribution in [3.63, 3.8) is 0 Å². The van der Waals surface area contributed by atoms with Gasteiger partial charge in [0.2, 0.25) is 0 Å². The average Bonchev–Trinajstić information content (AvgIpc) is 3.10. The van der Waals surface area contributed by atoms with E-state index in [1.54, 1.807) is 6.07 Å². The third-order valence-corrected chi connectivity index (χ3v) is 4.19. The monoisotopic (exact) mass is 319 g/mol. The van der Waals surface area contributed by atoms with Crippen molar-refractivity contribution in [2.24, 2.45) is 5.92 Å². The van der Waals surface area contributed by atoms with Crippen LogP contribution < -0.4 is 5.32 Å². The summed E-state index contributed by atoms with van der Waals surface area (Å²) >= 11 is 3.16. The number of nitrogens with one attached hydrogen (secondary N) is 1. The zero-order valence-electron chi connectivity index (χ0n) is 9.65. The van der Waals surface area contributed by atoms with Crippen LogP contribution in [0.25, 0.3) is 0 Å². The fourth-order valence-corrected chi connectivity index (χ4v) is 3.18. The molecule has 98 valence electrons. The van der Waals surface area contributed by atoms with E-state index in [1.165, 1.54) is 6.07 Å². The normalized spacial score (nSPS) is 23.4. The second-order valence-corrected chi connectivity index (χ2v) is 6.03.